The lowest BCUT2D eigenvalue weighted by Crippen LogP contribution is -2.41. The van der Waals surface area contributed by atoms with E-state index in [0.29, 0.717) is 16.3 Å². The minimum Gasteiger partial charge on any atom is -0.496 e. The van der Waals surface area contributed by atoms with Crippen molar-refractivity contribution in [1.82, 2.24) is 5.32 Å². The van der Waals surface area contributed by atoms with Gasteiger partial charge in [-0.1, -0.05) is 17.7 Å². The van der Waals surface area contributed by atoms with E-state index in [4.69, 9.17) is 21.4 Å². The van der Waals surface area contributed by atoms with Gasteiger partial charge < -0.3 is 15.2 Å². The molecule has 0 fully saturated rings. The smallest absolute Gasteiger partial charge is 0.326 e. The Morgan fingerprint density at radius 1 is 1.50 bits per heavy atom. The molecule has 1 aromatic rings. The Bertz CT molecular complexity index is 461. The van der Waals surface area contributed by atoms with Crippen LogP contribution in [0, 0.1) is 0 Å². The Morgan fingerprint density at radius 3 is 2.67 bits per heavy atom. The number of halogens is 1. The van der Waals surface area contributed by atoms with E-state index in [1.807, 2.05) is 0 Å². The first-order valence-electron chi connectivity index (χ1n) is 5.26. The van der Waals surface area contributed by atoms with Crippen LogP contribution in [-0.4, -0.2) is 30.1 Å². The van der Waals surface area contributed by atoms with E-state index in [1.165, 1.54) is 14.0 Å². The van der Waals surface area contributed by atoms with Gasteiger partial charge in [0.2, 0.25) is 5.91 Å². The summed E-state index contributed by atoms with van der Waals surface area (Å²) in [5.41, 5.74) is 0.669. The van der Waals surface area contributed by atoms with Crippen molar-refractivity contribution >= 4 is 23.5 Å². The van der Waals surface area contributed by atoms with Crippen LogP contribution in [0.5, 0.6) is 5.75 Å². The topological polar surface area (TPSA) is 75.6 Å². The molecule has 0 aliphatic rings. The average molecular weight is 272 g/mol. The van der Waals surface area contributed by atoms with Crippen molar-refractivity contribution in [3.05, 3.63) is 28.8 Å². The zero-order chi connectivity index (χ0) is 13.7. The number of amides is 1. The molecule has 0 radical (unpaired) electrons. The third-order valence-electron chi connectivity index (χ3n) is 2.35. The molecule has 18 heavy (non-hydrogen) atoms. The molecule has 5 nitrogen and oxygen atoms in total. The van der Waals surface area contributed by atoms with Crippen LogP contribution < -0.4 is 10.1 Å². The van der Waals surface area contributed by atoms with Gasteiger partial charge in [0.1, 0.15) is 11.8 Å². The van der Waals surface area contributed by atoms with Crippen LogP contribution >= 0.6 is 11.6 Å². The van der Waals surface area contributed by atoms with Crippen LogP contribution in [-0.2, 0) is 16.0 Å². The zero-order valence-corrected chi connectivity index (χ0v) is 10.8. The first-order valence-corrected chi connectivity index (χ1v) is 5.64. The van der Waals surface area contributed by atoms with Gasteiger partial charge in [-0.25, -0.2) is 4.79 Å². The highest BCUT2D eigenvalue weighted by atomic mass is 35.5. The molecule has 1 amide bonds. The summed E-state index contributed by atoms with van der Waals surface area (Å²) < 4.78 is 5.12. The molecule has 1 rings (SSSR count). The normalized spacial score (nSPS) is 11.7. The number of aliphatic carboxylic acids is 1. The van der Waals surface area contributed by atoms with Crippen molar-refractivity contribution in [2.45, 2.75) is 19.4 Å². The van der Waals surface area contributed by atoms with Crippen LogP contribution in [0.2, 0.25) is 5.02 Å². The number of carbonyl (C=O) groups excluding carboxylic acids is 1. The molecule has 0 bridgehead atoms. The summed E-state index contributed by atoms with van der Waals surface area (Å²) in [4.78, 5) is 22.0. The van der Waals surface area contributed by atoms with Gasteiger partial charge in [-0.3, -0.25) is 4.79 Å². The van der Waals surface area contributed by atoms with Gasteiger partial charge in [0.15, 0.2) is 0 Å². The Morgan fingerprint density at radius 2 is 2.17 bits per heavy atom. The highest BCUT2D eigenvalue weighted by Gasteiger charge is 2.20. The summed E-state index contributed by atoms with van der Waals surface area (Å²) in [7, 11) is 1.48. The number of carboxylic acids is 1. The lowest BCUT2D eigenvalue weighted by molar-refractivity contribution is -0.141. The minimum absolute atomic E-state index is 0.134. The van der Waals surface area contributed by atoms with Gasteiger partial charge in [-0.15, -0.1) is 0 Å². The highest BCUT2D eigenvalue weighted by molar-refractivity contribution is 6.30. The highest BCUT2D eigenvalue weighted by Crippen LogP contribution is 2.24. The third-order valence-corrected chi connectivity index (χ3v) is 2.58. The molecule has 0 aromatic heterocycles. The van der Waals surface area contributed by atoms with E-state index in [1.54, 1.807) is 18.2 Å². The number of hydrogen-bond donors (Lipinski definition) is 2. The van der Waals surface area contributed by atoms with E-state index < -0.39 is 17.9 Å². The summed E-state index contributed by atoms with van der Waals surface area (Å²) in [6, 6.07) is 3.94. The molecule has 0 heterocycles. The minimum atomic E-state index is -1.10. The third kappa shape index (κ3) is 3.92. The van der Waals surface area contributed by atoms with Gasteiger partial charge in [0, 0.05) is 18.4 Å². The van der Waals surface area contributed by atoms with Crippen molar-refractivity contribution in [2.24, 2.45) is 0 Å². The summed E-state index contributed by atoms with van der Waals surface area (Å²) in [5.74, 6) is -0.989. The molecule has 0 saturated carbocycles. The number of methoxy groups -OCH3 is 1. The fraction of sp³-hybridized carbons (Fsp3) is 0.333. The fourth-order valence-corrected chi connectivity index (χ4v) is 1.71. The van der Waals surface area contributed by atoms with Gasteiger partial charge in [-0.05, 0) is 17.7 Å². The SMILES string of the molecule is COc1cc(Cl)ccc1CC(NC(C)=O)C(=O)O. The van der Waals surface area contributed by atoms with Gasteiger partial charge in [0.05, 0.1) is 7.11 Å². The van der Waals surface area contributed by atoms with Gasteiger partial charge in [-0.2, -0.15) is 0 Å². The zero-order valence-electron chi connectivity index (χ0n) is 10.1. The quantitative estimate of drug-likeness (QED) is 0.851. The Labute approximate surface area is 110 Å². The van der Waals surface area contributed by atoms with Crippen molar-refractivity contribution in [3.8, 4) is 5.75 Å². The molecule has 6 heteroatoms. The van der Waals surface area contributed by atoms with E-state index in [-0.39, 0.29) is 6.42 Å². The molecule has 0 aliphatic carbocycles. The molecule has 0 aliphatic heterocycles. The Kier molecular flexibility index (Phi) is 4.97. The summed E-state index contributed by atoms with van der Waals surface area (Å²) >= 11 is 5.81. The number of ether oxygens (including phenoxy) is 1. The van der Waals surface area contributed by atoms with Crippen LogP contribution in [0.15, 0.2) is 18.2 Å². The lowest BCUT2D eigenvalue weighted by atomic mass is 10.0. The number of benzene rings is 1. The maximum absolute atomic E-state index is 11.0. The summed E-state index contributed by atoms with van der Waals surface area (Å²) in [6.45, 7) is 1.27. The molecular formula is C12H14ClNO4. The van der Waals surface area contributed by atoms with Crippen LogP contribution in [0.4, 0.5) is 0 Å². The molecule has 98 valence electrons. The lowest BCUT2D eigenvalue weighted by Gasteiger charge is -2.15. The maximum atomic E-state index is 11.0. The molecule has 1 atom stereocenters. The second-order valence-corrected chi connectivity index (χ2v) is 4.19. The van der Waals surface area contributed by atoms with E-state index >= 15 is 0 Å². The van der Waals surface area contributed by atoms with Gasteiger partial charge in [0.25, 0.3) is 0 Å². The molecule has 0 spiro atoms. The number of rotatable bonds is 5. The monoisotopic (exact) mass is 271 g/mol. The van der Waals surface area contributed by atoms with Gasteiger partial charge >= 0.3 is 5.97 Å². The van der Waals surface area contributed by atoms with Crippen LogP contribution in [0.1, 0.15) is 12.5 Å². The van der Waals surface area contributed by atoms with Crippen molar-refractivity contribution in [1.29, 1.82) is 0 Å². The van der Waals surface area contributed by atoms with Crippen molar-refractivity contribution in [2.75, 3.05) is 7.11 Å². The summed E-state index contributed by atoms with van der Waals surface area (Å²) in [5, 5.41) is 11.9. The van der Waals surface area contributed by atoms with Crippen molar-refractivity contribution in [3.63, 3.8) is 0 Å². The average Bonchev–Trinajstić information content (AvgIpc) is 2.29. The van der Waals surface area contributed by atoms with E-state index in [0.717, 1.165) is 0 Å². The number of nitrogens with one attached hydrogen (secondary N) is 1. The van der Waals surface area contributed by atoms with E-state index in [9.17, 15) is 9.59 Å². The summed E-state index contributed by atoms with van der Waals surface area (Å²) in [6.07, 6.45) is 0.134. The molecule has 2 N–H and O–H groups in total. The standard InChI is InChI=1S/C12H14ClNO4/c1-7(15)14-10(12(16)17)5-8-3-4-9(13)6-11(8)18-2/h3-4,6,10H,5H2,1-2H3,(H,14,15)(H,16,17). The molecular weight excluding hydrogens is 258 g/mol. The Balaban J connectivity index is 2.93. The predicted octanol–water partition coefficient (Wildman–Crippen LogP) is 1.48. The fourth-order valence-electron chi connectivity index (χ4n) is 1.55. The first kappa shape index (κ1) is 14.3. The van der Waals surface area contributed by atoms with Crippen LogP contribution in [0.3, 0.4) is 0 Å². The maximum Gasteiger partial charge on any atom is 0.326 e. The second-order valence-electron chi connectivity index (χ2n) is 3.75. The predicted molar refractivity (Wildman–Crippen MR) is 66.9 cm³/mol. The van der Waals surface area contributed by atoms with Crippen molar-refractivity contribution < 1.29 is 19.4 Å². The second kappa shape index (κ2) is 6.26. The largest absolute Gasteiger partial charge is 0.496 e. The number of hydrogen-bond acceptors (Lipinski definition) is 3. The number of carboxylic acid groups (broad SMARTS) is 1. The van der Waals surface area contributed by atoms with Crippen LogP contribution in [0.25, 0.3) is 0 Å². The Hall–Kier alpha value is -1.75. The molecule has 0 saturated heterocycles. The first-order chi connectivity index (χ1) is 8.43. The van der Waals surface area contributed by atoms with E-state index in [2.05, 4.69) is 5.32 Å². The molecule has 1 unspecified atom stereocenters. The number of carbonyl (C=O) groups is 2. The molecule has 1 aromatic carbocycles.